The van der Waals surface area contributed by atoms with Gasteiger partial charge in [0.15, 0.2) is 6.61 Å². The highest BCUT2D eigenvalue weighted by Gasteiger charge is 2.18. The van der Waals surface area contributed by atoms with Crippen LogP contribution in [0.15, 0.2) is 47.4 Å². The molecule has 0 atom stereocenters. The summed E-state index contributed by atoms with van der Waals surface area (Å²) in [4.78, 5) is 26.2. The molecule has 29 heavy (non-hydrogen) atoms. The van der Waals surface area contributed by atoms with E-state index in [1.54, 1.807) is 24.3 Å². The minimum atomic E-state index is -3.95. The SMILES string of the molecule is CCN(CC)c1ccc(S(N)(=O)=O)cc1NC(=O)COC(=O)c1ccccc1N. The van der Waals surface area contributed by atoms with Crippen LogP contribution in [-0.2, 0) is 19.6 Å². The van der Waals surface area contributed by atoms with Crippen LogP contribution in [0.1, 0.15) is 24.2 Å². The zero-order chi connectivity index (χ0) is 21.6. The van der Waals surface area contributed by atoms with E-state index < -0.39 is 28.5 Å². The summed E-state index contributed by atoms with van der Waals surface area (Å²) in [5.41, 5.74) is 6.98. The van der Waals surface area contributed by atoms with E-state index in [-0.39, 0.29) is 21.8 Å². The molecule has 10 heteroatoms. The number of primary sulfonamides is 1. The largest absolute Gasteiger partial charge is 0.452 e. The Kier molecular flexibility index (Phi) is 7.18. The second-order valence-corrected chi connectivity index (χ2v) is 7.67. The summed E-state index contributed by atoms with van der Waals surface area (Å²) < 4.78 is 28.3. The van der Waals surface area contributed by atoms with Crippen LogP contribution in [0.3, 0.4) is 0 Å². The van der Waals surface area contributed by atoms with Crippen LogP contribution in [-0.4, -0.2) is 40.0 Å². The molecule has 0 unspecified atom stereocenters. The number of carbonyl (C=O) groups is 2. The summed E-state index contributed by atoms with van der Waals surface area (Å²) >= 11 is 0. The molecule has 0 saturated carbocycles. The summed E-state index contributed by atoms with van der Waals surface area (Å²) in [6.07, 6.45) is 0. The van der Waals surface area contributed by atoms with E-state index in [1.807, 2.05) is 18.7 Å². The van der Waals surface area contributed by atoms with Crippen molar-refractivity contribution in [3.05, 3.63) is 48.0 Å². The summed E-state index contributed by atoms with van der Waals surface area (Å²) in [5, 5.41) is 7.77. The van der Waals surface area contributed by atoms with Crippen molar-refractivity contribution in [3.63, 3.8) is 0 Å². The lowest BCUT2D eigenvalue weighted by Gasteiger charge is -2.24. The predicted molar refractivity (Wildman–Crippen MR) is 111 cm³/mol. The minimum absolute atomic E-state index is 0.141. The van der Waals surface area contributed by atoms with Gasteiger partial charge < -0.3 is 20.7 Å². The van der Waals surface area contributed by atoms with Gasteiger partial charge in [-0.05, 0) is 44.2 Å². The average molecular weight is 420 g/mol. The van der Waals surface area contributed by atoms with Crippen molar-refractivity contribution in [1.29, 1.82) is 0 Å². The average Bonchev–Trinajstić information content (AvgIpc) is 2.67. The van der Waals surface area contributed by atoms with Gasteiger partial charge in [-0.3, -0.25) is 4.79 Å². The number of rotatable bonds is 8. The highest BCUT2D eigenvalue weighted by molar-refractivity contribution is 7.89. The molecule has 0 aliphatic rings. The van der Waals surface area contributed by atoms with Crippen molar-refractivity contribution in [2.75, 3.05) is 35.6 Å². The maximum Gasteiger partial charge on any atom is 0.340 e. The lowest BCUT2D eigenvalue weighted by Crippen LogP contribution is -2.26. The first kappa shape index (κ1) is 22.2. The Morgan fingerprint density at radius 2 is 1.76 bits per heavy atom. The number of hydrogen-bond acceptors (Lipinski definition) is 7. The van der Waals surface area contributed by atoms with E-state index in [0.29, 0.717) is 18.8 Å². The van der Waals surface area contributed by atoms with Gasteiger partial charge in [-0.25, -0.2) is 18.4 Å². The Bertz CT molecular complexity index is 1000. The fraction of sp³-hybridized carbons (Fsp3) is 0.263. The Morgan fingerprint density at radius 3 is 2.34 bits per heavy atom. The van der Waals surface area contributed by atoms with Crippen molar-refractivity contribution in [3.8, 4) is 0 Å². The Morgan fingerprint density at radius 1 is 1.10 bits per heavy atom. The lowest BCUT2D eigenvalue weighted by molar-refractivity contribution is -0.119. The molecule has 5 N–H and O–H groups in total. The lowest BCUT2D eigenvalue weighted by atomic mass is 10.2. The van der Waals surface area contributed by atoms with Gasteiger partial charge in [0.1, 0.15) is 0 Å². The monoisotopic (exact) mass is 420 g/mol. The quantitative estimate of drug-likeness (QED) is 0.434. The van der Waals surface area contributed by atoms with E-state index in [0.717, 1.165) is 0 Å². The van der Waals surface area contributed by atoms with Gasteiger partial charge in [-0.1, -0.05) is 12.1 Å². The normalized spacial score (nSPS) is 11.0. The molecular weight excluding hydrogens is 396 g/mol. The van der Waals surface area contributed by atoms with Crippen LogP contribution in [0.25, 0.3) is 0 Å². The second-order valence-electron chi connectivity index (χ2n) is 6.11. The number of nitrogen functional groups attached to an aromatic ring is 1. The van der Waals surface area contributed by atoms with Gasteiger partial charge >= 0.3 is 5.97 Å². The van der Waals surface area contributed by atoms with Gasteiger partial charge in [0, 0.05) is 18.8 Å². The van der Waals surface area contributed by atoms with E-state index in [9.17, 15) is 18.0 Å². The number of anilines is 3. The van der Waals surface area contributed by atoms with E-state index in [2.05, 4.69) is 5.32 Å². The molecule has 0 heterocycles. The van der Waals surface area contributed by atoms with Crippen molar-refractivity contribution >= 4 is 39.0 Å². The summed E-state index contributed by atoms with van der Waals surface area (Å²) in [6.45, 7) is 4.56. The number of carbonyl (C=O) groups excluding carboxylic acids is 2. The van der Waals surface area contributed by atoms with Gasteiger partial charge in [0.2, 0.25) is 10.0 Å². The summed E-state index contributed by atoms with van der Waals surface area (Å²) in [6, 6.07) is 10.6. The smallest absolute Gasteiger partial charge is 0.340 e. The molecule has 0 aromatic heterocycles. The Labute approximate surface area is 169 Å². The molecular formula is C19H24N4O5S. The molecule has 1 amide bonds. The number of ether oxygens (including phenoxy) is 1. The molecule has 0 aliphatic carbocycles. The van der Waals surface area contributed by atoms with Crippen LogP contribution in [0.4, 0.5) is 17.1 Å². The first-order valence-corrected chi connectivity index (χ1v) is 10.4. The molecule has 0 saturated heterocycles. The van der Waals surface area contributed by atoms with Gasteiger partial charge in [-0.2, -0.15) is 0 Å². The zero-order valence-electron chi connectivity index (χ0n) is 16.2. The van der Waals surface area contributed by atoms with Crippen LogP contribution in [0.2, 0.25) is 0 Å². The third-order valence-electron chi connectivity index (χ3n) is 4.19. The topological polar surface area (TPSA) is 145 Å². The molecule has 0 fully saturated rings. The number of nitrogens with one attached hydrogen (secondary N) is 1. The molecule has 2 rings (SSSR count). The van der Waals surface area contributed by atoms with E-state index in [1.165, 1.54) is 18.2 Å². The zero-order valence-corrected chi connectivity index (χ0v) is 17.0. The molecule has 0 aliphatic heterocycles. The molecule has 2 aromatic carbocycles. The molecule has 0 bridgehead atoms. The number of benzene rings is 2. The number of nitrogens with zero attached hydrogens (tertiary/aromatic N) is 1. The van der Waals surface area contributed by atoms with Crippen LogP contribution in [0, 0.1) is 0 Å². The molecule has 156 valence electrons. The number of sulfonamides is 1. The van der Waals surface area contributed by atoms with E-state index >= 15 is 0 Å². The maximum atomic E-state index is 12.3. The molecule has 9 nitrogen and oxygen atoms in total. The van der Waals surface area contributed by atoms with Gasteiger partial charge in [0.25, 0.3) is 5.91 Å². The van der Waals surface area contributed by atoms with Crippen LogP contribution >= 0.6 is 0 Å². The van der Waals surface area contributed by atoms with Crippen LogP contribution < -0.4 is 21.1 Å². The van der Waals surface area contributed by atoms with Crippen molar-refractivity contribution < 1.29 is 22.7 Å². The Hall–Kier alpha value is -3.11. The molecule has 0 radical (unpaired) electrons. The fourth-order valence-electron chi connectivity index (χ4n) is 2.71. The molecule has 2 aromatic rings. The van der Waals surface area contributed by atoms with Gasteiger partial charge in [0.05, 0.1) is 21.8 Å². The summed E-state index contributed by atoms with van der Waals surface area (Å²) in [5.74, 6) is -1.37. The number of amides is 1. The third-order valence-corrected chi connectivity index (χ3v) is 5.10. The van der Waals surface area contributed by atoms with Gasteiger partial charge in [-0.15, -0.1) is 0 Å². The first-order chi connectivity index (χ1) is 13.7. The number of nitrogens with two attached hydrogens (primary N) is 2. The highest BCUT2D eigenvalue weighted by atomic mass is 32.2. The van der Waals surface area contributed by atoms with Crippen molar-refractivity contribution in [2.24, 2.45) is 5.14 Å². The number of esters is 1. The van der Waals surface area contributed by atoms with Crippen molar-refractivity contribution in [1.82, 2.24) is 0 Å². The summed E-state index contributed by atoms with van der Waals surface area (Å²) in [7, 11) is -3.95. The first-order valence-electron chi connectivity index (χ1n) is 8.90. The third kappa shape index (κ3) is 5.69. The fourth-order valence-corrected chi connectivity index (χ4v) is 3.25. The number of hydrogen-bond donors (Lipinski definition) is 3. The van der Waals surface area contributed by atoms with E-state index in [4.69, 9.17) is 15.6 Å². The maximum absolute atomic E-state index is 12.3. The standard InChI is InChI=1S/C19H24N4O5S/c1-3-23(4-2)17-10-9-13(29(21,26)27)11-16(17)22-18(24)12-28-19(25)14-7-5-6-8-15(14)20/h5-11H,3-4,12,20H2,1-2H3,(H,22,24)(H2,21,26,27). The highest BCUT2D eigenvalue weighted by Crippen LogP contribution is 2.28. The minimum Gasteiger partial charge on any atom is -0.452 e. The second kappa shape index (κ2) is 9.39. The van der Waals surface area contributed by atoms with Crippen molar-refractivity contribution in [2.45, 2.75) is 18.7 Å². The Balaban J connectivity index is 2.19. The molecule has 0 spiro atoms. The number of para-hydroxylation sites is 1. The predicted octanol–water partition coefficient (Wildman–Crippen LogP) is 1.56. The van der Waals surface area contributed by atoms with Crippen LogP contribution in [0.5, 0.6) is 0 Å².